The molecule has 51 heavy (non-hydrogen) atoms. The Kier molecular flexibility index (Phi) is 25.6. The molecular formula is C39H56O12-6. The third kappa shape index (κ3) is 24.0. The Morgan fingerprint density at radius 1 is 0.373 bits per heavy atom. The lowest BCUT2D eigenvalue weighted by atomic mass is 9.86. The predicted molar refractivity (Wildman–Crippen MR) is 178 cm³/mol. The van der Waals surface area contributed by atoms with E-state index in [-0.39, 0.29) is 53.7 Å². The minimum absolute atomic E-state index is 0.00281. The summed E-state index contributed by atoms with van der Waals surface area (Å²) in [4.78, 5) is 66.6. The second-order valence-electron chi connectivity index (χ2n) is 13.7. The van der Waals surface area contributed by atoms with Crippen LogP contribution in [0, 0.1) is 23.7 Å². The highest BCUT2D eigenvalue weighted by atomic mass is 16.4. The van der Waals surface area contributed by atoms with E-state index in [1.165, 1.54) is 0 Å². The lowest BCUT2D eigenvalue weighted by Crippen LogP contribution is -2.29. The van der Waals surface area contributed by atoms with Crippen molar-refractivity contribution in [2.45, 2.75) is 149 Å². The maximum absolute atomic E-state index is 11.4. The molecule has 0 aromatic heterocycles. The molecule has 0 aromatic rings. The van der Waals surface area contributed by atoms with Gasteiger partial charge in [-0.3, -0.25) is 0 Å². The number of unbranched alkanes of at least 4 members (excludes halogenated alkanes) is 5. The molecule has 0 aliphatic rings. The van der Waals surface area contributed by atoms with Gasteiger partial charge in [-0.05, 0) is 77.9 Å². The van der Waals surface area contributed by atoms with E-state index in [9.17, 15) is 59.4 Å². The Bertz CT molecular complexity index is 1140. The number of rotatable bonds is 32. The van der Waals surface area contributed by atoms with Crippen LogP contribution in [0.3, 0.4) is 0 Å². The molecule has 0 heterocycles. The van der Waals surface area contributed by atoms with Crippen molar-refractivity contribution in [3.05, 3.63) is 34.9 Å². The largest absolute Gasteiger partial charge is 0.545 e. The van der Waals surface area contributed by atoms with Crippen molar-refractivity contribution in [3.63, 3.8) is 0 Å². The highest BCUT2D eigenvalue weighted by molar-refractivity contribution is 5.94. The summed E-state index contributed by atoms with van der Waals surface area (Å²) < 4.78 is 0. The number of aliphatic carboxylic acids is 6. The van der Waals surface area contributed by atoms with E-state index >= 15 is 0 Å². The van der Waals surface area contributed by atoms with Gasteiger partial charge in [-0.2, -0.15) is 0 Å². The number of carbonyl (C=O) groups excluding carboxylic acids is 6. The van der Waals surface area contributed by atoms with E-state index in [0.29, 0.717) is 43.4 Å². The molecule has 0 saturated heterocycles. The van der Waals surface area contributed by atoms with Crippen LogP contribution in [0.5, 0.6) is 0 Å². The normalized spacial score (nSPS) is 14.8. The van der Waals surface area contributed by atoms with Crippen molar-refractivity contribution in [1.29, 1.82) is 0 Å². The second-order valence-corrected chi connectivity index (χ2v) is 13.7. The van der Waals surface area contributed by atoms with Crippen molar-refractivity contribution in [1.82, 2.24) is 0 Å². The average Bonchev–Trinajstić information content (AvgIpc) is 3.05. The van der Waals surface area contributed by atoms with Crippen molar-refractivity contribution in [3.8, 4) is 0 Å². The van der Waals surface area contributed by atoms with Crippen LogP contribution in [0.1, 0.15) is 149 Å². The smallest absolute Gasteiger partial charge is 0.0675 e. The molecule has 0 rings (SSSR count). The van der Waals surface area contributed by atoms with Crippen LogP contribution in [0.2, 0.25) is 0 Å². The van der Waals surface area contributed by atoms with E-state index < -0.39 is 35.8 Å². The molecule has 12 nitrogen and oxygen atoms in total. The highest BCUT2D eigenvalue weighted by Crippen LogP contribution is 2.29. The van der Waals surface area contributed by atoms with Gasteiger partial charge in [-0.15, -0.1) is 0 Å². The molecule has 290 valence electrons. The van der Waals surface area contributed by atoms with Crippen molar-refractivity contribution in [2.24, 2.45) is 23.7 Å². The Hall–Kier alpha value is -3.96. The number of carboxylic acid groups (broad SMARTS) is 6. The zero-order valence-corrected chi connectivity index (χ0v) is 30.6. The molecule has 12 heteroatoms. The molecule has 0 amide bonds. The Morgan fingerprint density at radius 2 is 0.588 bits per heavy atom. The molecule has 0 aliphatic heterocycles. The molecule has 0 bridgehead atoms. The van der Waals surface area contributed by atoms with E-state index in [1.54, 1.807) is 0 Å². The van der Waals surface area contributed by atoms with Gasteiger partial charge in [0.2, 0.25) is 0 Å². The fourth-order valence-electron chi connectivity index (χ4n) is 6.70. The number of carbonyl (C=O) groups is 6. The molecule has 0 fully saturated rings. The summed E-state index contributed by atoms with van der Waals surface area (Å²) in [5.41, 5.74) is -0.805. The van der Waals surface area contributed by atoms with E-state index in [2.05, 4.69) is 0 Å². The van der Waals surface area contributed by atoms with Gasteiger partial charge in [0.25, 0.3) is 0 Å². The molecular weight excluding hydrogens is 660 g/mol. The summed E-state index contributed by atoms with van der Waals surface area (Å²) in [6, 6.07) is 0. The zero-order valence-electron chi connectivity index (χ0n) is 30.6. The summed E-state index contributed by atoms with van der Waals surface area (Å²) in [6.07, 6.45) is 16.8. The molecule has 0 spiro atoms. The van der Waals surface area contributed by atoms with E-state index in [0.717, 1.165) is 89.9 Å². The molecule has 0 N–H and O–H groups in total. The topological polar surface area (TPSA) is 241 Å². The molecule has 3 atom stereocenters. The third-order valence-corrected chi connectivity index (χ3v) is 9.84. The Morgan fingerprint density at radius 3 is 0.784 bits per heavy atom. The van der Waals surface area contributed by atoms with E-state index in [4.69, 9.17) is 0 Å². The summed E-state index contributed by atoms with van der Waals surface area (Å²) in [7, 11) is 0. The average molecular weight is 717 g/mol. The molecule has 0 radical (unpaired) electrons. The van der Waals surface area contributed by atoms with Gasteiger partial charge in [-0.25, -0.2) is 0 Å². The first-order chi connectivity index (χ1) is 24.1. The quantitative estimate of drug-likeness (QED) is 0.0686. The van der Waals surface area contributed by atoms with Crippen LogP contribution in [0.25, 0.3) is 0 Å². The summed E-state index contributed by atoms with van der Waals surface area (Å²) in [6.45, 7) is 5.80. The lowest BCUT2D eigenvalue weighted by Gasteiger charge is -2.21. The van der Waals surface area contributed by atoms with Gasteiger partial charge in [0, 0.05) is 0 Å². The maximum atomic E-state index is 11.4. The SMILES string of the molecule is CCC(CCCCCC(CCCCCC(CC)C/C(=C\C(=O)[O-])C(=O)[O-])CCCCC(CC)C/C(=C\C(=O)[O-])C(=O)[O-])C/C(=C\C(=O)[O-])C(=O)[O-]. The predicted octanol–water partition coefficient (Wildman–Crippen LogP) is 0.592. The van der Waals surface area contributed by atoms with Crippen LogP contribution in [-0.4, -0.2) is 35.8 Å². The second kappa shape index (κ2) is 27.7. The number of hydrogen-bond acceptors (Lipinski definition) is 12. The van der Waals surface area contributed by atoms with Crippen LogP contribution in [-0.2, 0) is 28.8 Å². The van der Waals surface area contributed by atoms with Crippen LogP contribution in [0.15, 0.2) is 34.9 Å². The molecule has 0 aromatic carbocycles. The fourth-order valence-corrected chi connectivity index (χ4v) is 6.70. The molecule has 3 unspecified atom stereocenters. The monoisotopic (exact) mass is 716 g/mol. The Labute approximate surface area is 302 Å². The van der Waals surface area contributed by atoms with Gasteiger partial charge in [-0.1, -0.05) is 130 Å². The van der Waals surface area contributed by atoms with Gasteiger partial charge in [0.1, 0.15) is 0 Å². The highest BCUT2D eigenvalue weighted by Gasteiger charge is 2.15. The fraction of sp³-hybridized carbons (Fsp3) is 0.692. The van der Waals surface area contributed by atoms with Gasteiger partial charge in [0.15, 0.2) is 0 Å². The van der Waals surface area contributed by atoms with E-state index in [1.807, 2.05) is 20.8 Å². The minimum atomic E-state index is -1.56. The van der Waals surface area contributed by atoms with Crippen LogP contribution < -0.4 is 30.6 Å². The number of carboxylic acids is 6. The molecule has 0 aliphatic carbocycles. The summed E-state index contributed by atoms with van der Waals surface area (Å²) >= 11 is 0. The van der Waals surface area contributed by atoms with Crippen molar-refractivity contribution >= 4 is 35.8 Å². The van der Waals surface area contributed by atoms with Crippen LogP contribution in [0.4, 0.5) is 0 Å². The van der Waals surface area contributed by atoms with Crippen molar-refractivity contribution < 1.29 is 59.4 Å². The van der Waals surface area contributed by atoms with Gasteiger partial charge >= 0.3 is 0 Å². The summed E-state index contributed by atoms with van der Waals surface area (Å²) in [5, 5.41) is 66.6. The first-order valence-electron chi connectivity index (χ1n) is 18.5. The van der Waals surface area contributed by atoms with Crippen LogP contribution >= 0.6 is 0 Å². The first kappa shape index (κ1) is 47.0. The van der Waals surface area contributed by atoms with Gasteiger partial charge in [0.05, 0.1) is 35.8 Å². The standard InChI is InChI=1S/C39H62O12/c1-4-27(21-31(37(46)47)24-34(40)41)15-9-7-11-18-30(20-14-13-17-29(6-3)23-33(39(50)51)26-36(44)45)19-12-8-10-16-28(5-2)22-32(38(48)49)25-35(42)43/h24-30H,4-23H2,1-3H3,(H,40,41)(H,42,43)(H,44,45)(H,46,47)(H,48,49)(H,50,51)/p-6/b31-24+,32-25+,33-26+. The first-order valence-corrected chi connectivity index (χ1v) is 18.5. The van der Waals surface area contributed by atoms with Crippen molar-refractivity contribution in [2.75, 3.05) is 0 Å². The Balaban J connectivity index is 5.17. The maximum Gasteiger partial charge on any atom is 0.0675 e. The third-order valence-electron chi connectivity index (χ3n) is 9.84. The van der Waals surface area contributed by atoms with Gasteiger partial charge < -0.3 is 59.4 Å². The summed E-state index contributed by atoms with van der Waals surface area (Å²) in [5.74, 6) is -8.71. The lowest BCUT2D eigenvalue weighted by molar-refractivity contribution is -0.303. The number of hydrogen-bond donors (Lipinski definition) is 0. The zero-order chi connectivity index (χ0) is 38.8. The minimum Gasteiger partial charge on any atom is -0.545 e. The molecule has 0 saturated carbocycles.